The Balaban J connectivity index is 1.44. The number of halogens is 2. The molecule has 1 aromatic carbocycles. The number of hydrogen-bond acceptors (Lipinski definition) is 4. The zero-order valence-electron chi connectivity index (χ0n) is 16.1. The molecule has 0 spiro atoms. The molecule has 0 aromatic heterocycles. The van der Waals surface area contributed by atoms with E-state index in [0.717, 1.165) is 19.3 Å². The van der Waals surface area contributed by atoms with Crippen LogP contribution in [0, 0.1) is 24.2 Å². The number of carbonyl (C=O) groups excluding carboxylic acids is 2. The minimum absolute atomic E-state index is 0.0582. The first-order valence-electron chi connectivity index (χ1n) is 9.97. The van der Waals surface area contributed by atoms with Crippen molar-refractivity contribution in [3.05, 3.63) is 35.4 Å². The Morgan fingerprint density at radius 2 is 1.71 bits per heavy atom. The number of hydrogen-bond donors (Lipinski definition) is 0. The molecule has 0 saturated heterocycles. The number of esters is 2. The molecule has 0 N–H and O–H groups in total. The first-order chi connectivity index (χ1) is 13.3. The predicted octanol–water partition coefficient (Wildman–Crippen LogP) is 4.18. The fourth-order valence-electron chi connectivity index (χ4n) is 6.33. The molecule has 0 radical (unpaired) electrons. The molecular weight excluding hydrogens is 366 g/mol. The highest BCUT2D eigenvalue weighted by molar-refractivity contribution is 5.78. The van der Waals surface area contributed by atoms with Gasteiger partial charge in [0.25, 0.3) is 0 Å². The number of alkyl halides is 2. The SMILES string of the molecule is Cc1ccc(C23CC4CC(CC(COC(=O)COC(=O)C(F)F)(C4)C2)C3)cc1. The highest BCUT2D eigenvalue weighted by Gasteiger charge is 2.58. The molecule has 0 amide bonds. The molecule has 0 aliphatic heterocycles. The van der Waals surface area contributed by atoms with Crippen LogP contribution in [0.1, 0.15) is 49.7 Å². The summed E-state index contributed by atoms with van der Waals surface area (Å²) in [5.41, 5.74) is 2.72. The van der Waals surface area contributed by atoms with Crippen LogP contribution in [0.15, 0.2) is 24.3 Å². The minimum Gasteiger partial charge on any atom is -0.463 e. The summed E-state index contributed by atoms with van der Waals surface area (Å²) in [6.45, 7) is 1.61. The van der Waals surface area contributed by atoms with E-state index in [2.05, 4.69) is 35.9 Å². The van der Waals surface area contributed by atoms with Crippen molar-refractivity contribution in [3.8, 4) is 0 Å². The number of ether oxygens (including phenoxy) is 2. The Hall–Kier alpha value is -1.98. The van der Waals surface area contributed by atoms with Crippen molar-refractivity contribution in [2.24, 2.45) is 17.3 Å². The minimum atomic E-state index is -3.23. The number of carbonyl (C=O) groups is 2. The van der Waals surface area contributed by atoms with E-state index in [-0.39, 0.29) is 17.4 Å². The van der Waals surface area contributed by atoms with Gasteiger partial charge in [0, 0.05) is 5.41 Å². The van der Waals surface area contributed by atoms with Gasteiger partial charge < -0.3 is 9.47 Å². The van der Waals surface area contributed by atoms with Gasteiger partial charge in [-0.1, -0.05) is 29.8 Å². The number of benzene rings is 1. The van der Waals surface area contributed by atoms with E-state index < -0.39 is 25.0 Å². The Labute approximate surface area is 163 Å². The third-order valence-corrected chi connectivity index (χ3v) is 6.90. The third-order valence-electron chi connectivity index (χ3n) is 6.90. The second-order valence-corrected chi connectivity index (χ2v) is 9.18. The lowest BCUT2D eigenvalue weighted by molar-refractivity contribution is -0.171. The Kier molecular flexibility index (Phi) is 4.92. The summed E-state index contributed by atoms with van der Waals surface area (Å²) in [7, 11) is 0. The van der Waals surface area contributed by atoms with Crippen LogP contribution in [0.3, 0.4) is 0 Å². The van der Waals surface area contributed by atoms with Crippen molar-refractivity contribution in [1.82, 2.24) is 0 Å². The molecule has 152 valence electrons. The standard InChI is InChI=1S/C22H26F2O4/c1-14-2-4-17(5-3-14)22-9-15-6-16(10-22)8-21(7-15,12-22)13-28-18(25)11-27-20(26)19(23)24/h2-5,15-16,19H,6-13H2,1H3. The first-order valence-corrected chi connectivity index (χ1v) is 9.97. The van der Waals surface area contributed by atoms with E-state index in [4.69, 9.17) is 4.74 Å². The fraction of sp³-hybridized carbons (Fsp3) is 0.636. The summed E-state index contributed by atoms with van der Waals surface area (Å²) in [5.74, 6) is -1.17. The van der Waals surface area contributed by atoms with E-state index in [1.54, 1.807) is 0 Å². The molecule has 4 aliphatic rings. The topological polar surface area (TPSA) is 52.6 Å². The monoisotopic (exact) mass is 392 g/mol. The first kappa shape index (κ1) is 19.3. The zero-order chi connectivity index (χ0) is 19.9. The van der Waals surface area contributed by atoms with Crippen LogP contribution in [0.5, 0.6) is 0 Å². The van der Waals surface area contributed by atoms with E-state index in [0.29, 0.717) is 11.8 Å². The molecule has 4 nitrogen and oxygen atoms in total. The van der Waals surface area contributed by atoms with Crippen LogP contribution < -0.4 is 0 Å². The highest BCUT2D eigenvalue weighted by atomic mass is 19.3. The van der Waals surface area contributed by atoms with Crippen LogP contribution in [-0.2, 0) is 24.5 Å². The summed E-state index contributed by atoms with van der Waals surface area (Å²) < 4.78 is 34.0. The zero-order valence-corrected chi connectivity index (χ0v) is 16.1. The van der Waals surface area contributed by atoms with E-state index in [1.165, 1.54) is 30.4 Å². The fourth-order valence-corrected chi connectivity index (χ4v) is 6.33. The van der Waals surface area contributed by atoms with Gasteiger partial charge in [-0.2, -0.15) is 8.78 Å². The Morgan fingerprint density at radius 3 is 2.32 bits per heavy atom. The van der Waals surface area contributed by atoms with Crippen molar-refractivity contribution in [1.29, 1.82) is 0 Å². The third kappa shape index (κ3) is 3.65. The highest BCUT2D eigenvalue weighted by Crippen LogP contribution is 2.65. The van der Waals surface area contributed by atoms with Gasteiger partial charge in [-0.05, 0) is 68.3 Å². The molecule has 2 unspecified atom stereocenters. The second kappa shape index (κ2) is 7.12. The maximum Gasteiger partial charge on any atom is 0.374 e. The van der Waals surface area contributed by atoms with Gasteiger partial charge in [0.2, 0.25) is 0 Å². The maximum absolute atomic E-state index is 12.2. The molecule has 5 rings (SSSR count). The van der Waals surface area contributed by atoms with Crippen LogP contribution in [-0.4, -0.2) is 31.6 Å². The summed E-state index contributed by atoms with van der Waals surface area (Å²) >= 11 is 0. The van der Waals surface area contributed by atoms with Crippen LogP contribution in [0.2, 0.25) is 0 Å². The molecule has 1 aromatic rings. The number of aryl methyl sites for hydroxylation is 1. The quantitative estimate of drug-likeness (QED) is 0.682. The van der Waals surface area contributed by atoms with Crippen molar-refractivity contribution in [3.63, 3.8) is 0 Å². The van der Waals surface area contributed by atoms with Crippen molar-refractivity contribution < 1.29 is 27.8 Å². The van der Waals surface area contributed by atoms with Crippen LogP contribution in [0.25, 0.3) is 0 Å². The largest absolute Gasteiger partial charge is 0.463 e. The lowest BCUT2D eigenvalue weighted by atomic mass is 9.43. The van der Waals surface area contributed by atoms with Crippen molar-refractivity contribution in [2.75, 3.05) is 13.2 Å². The molecule has 28 heavy (non-hydrogen) atoms. The van der Waals surface area contributed by atoms with Crippen LogP contribution in [0.4, 0.5) is 8.78 Å². The molecule has 6 heteroatoms. The van der Waals surface area contributed by atoms with Gasteiger partial charge in [0.1, 0.15) is 0 Å². The molecular formula is C22H26F2O4. The average molecular weight is 392 g/mol. The summed E-state index contributed by atoms with van der Waals surface area (Å²) in [6.07, 6.45) is 3.46. The molecule has 2 atom stereocenters. The number of rotatable bonds is 6. The van der Waals surface area contributed by atoms with Gasteiger partial charge in [0.05, 0.1) is 6.61 Å². The molecule has 4 aliphatic carbocycles. The van der Waals surface area contributed by atoms with E-state index in [1.807, 2.05) is 0 Å². The van der Waals surface area contributed by atoms with Gasteiger partial charge in [0.15, 0.2) is 6.61 Å². The van der Waals surface area contributed by atoms with Crippen molar-refractivity contribution in [2.45, 2.75) is 57.3 Å². The second-order valence-electron chi connectivity index (χ2n) is 9.18. The summed E-state index contributed by atoms with van der Waals surface area (Å²) in [6, 6.07) is 8.81. The average Bonchev–Trinajstić information content (AvgIpc) is 2.63. The maximum atomic E-state index is 12.2. The van der Waals surface area contributed by atoms with Crippen molar-refractivity contribution >= 4 is 11.9 Å². The predicted molar refractivity (Wildman–Crippen MR) is 97.9 cm³/mol. The van der Waals surface area contributed by atoms with Gasteiger partial charge in [-0.15, -0.1) is 0 Å². The smallest absolute Gasteiger partial charge is 0.374 e. The van der Waals surface area contributed by atoms with E-state index in [9.17, 15) is 18.4 Å². The van der Waals surface area contributed by atoms with Crippen LogP contribution >= 0.6 is 0 Å². The Bertz CT molecular complexity index is 744. The normalized spacial score (nSPS) is 33.1. The lowest BCUT2D eigenvalue weighted by Crippen LogP contribution is -2.55. The van der Waals surface area contributed by atoms with Gasteiger partial charge in [-0.3, -0.25) is 0 Å². The summed E-state index contributed by atoms with van der Waals surface area (Å²) in [5, 5.41) is 0. The Morgan fingerprint density at radius 1 is 1.07 bits per heavy atom. The summed E-state index contributed by atoms with van der Waals surface area (Å²) in [4.78, 5) is 22.7. The lowest BCUT2D eigenvalue weighted by Gasteiger charge is -2.62. The molecule has 4 fully saturated rings. The molecule has 0 heterocycles. The molecule has 4 bridgehead atoms. The van der Waals surface area contributed by atoms with Gasteiger partial charge in [-0.25, -0.2) is 9.59 Å². The molecule has 4 saturated carbocycles. The van der Waals surface area contributed by atoms with E-state index >= 15 is 0 Å². The van der Waals surface area contributed by atoms with Gasteiger partial charge >= 0.3 is 18.4 Å².